The Kier molecular flexibility index (Phi) is 1.71. The molecule has 3 aliphatic carbocycles. The van der Waals surface area contributed by atoms with Gasteiger partial charge in [0.15, 0.2) is 0 Å². The number of hydrogen-bond donors (Lipinski definition) is 0. The number of ether oxygens (including phenoxy) is 1. The molecule has 0 aromatic heterocycles. The van der Waals surface area contributed by atoms with E-state index >= 15 is 0 Å². The largest absolute Gasteiger partial charge is 0.459 e. The fraction of sp³-hybridized carbons (Fsp3) is 0.917. The molecule has 4 unspecified atom stereocenters. The van der Waals surface area contributed by atoms with Crippen LogP contribution in [0.4, 0.5) is 0 Å². The molecule has 3 rings (SSSR count). The van der Waals surface area contributed by atoms with E-state index in [1.165, 1.54) is 32.1 Å². The summed E-state index contributed by atoms with van der Waals surface area (Å²) in [6.45, 7) is 1.56. The van der Waals surface area contributed by atoms with Crippen LogP contribution in [0.15, 0.2) is 0 Å². The Balaban J connectivity index is 1.88. The van der Waals surface area contributed by atoms with Gasteiger partial charge in [-0.05, 0) is 43.9 Å². The second-order valence-electron chi connectivity index (χ2n) is 5.36. The molecule has 2 nitrogen and oxygen atoms in total. The maximum atomic E-state index is 11.1. The minimum absolute atomic E-state index is 0.0162. The number of carbonyl (C=O) groups excluding carboxylic acids is 1. The van der Waals surface area contributed by atoms with Gasteiger partial charge in [0.1, 0.15) is 5.60 Å². The maximum Gasteiger partial charge on any atom is 0.303 e. The van der Waals surface area contributed by atoms with E-state index in [-0.39, 0.29) is 11.6 Å². The topological polar surface area (TPSA) is 26.3 Å². The fourth-order valence-corrected chi connectivity index (χ4v) is 4.44. The predicted molar refractivity (Wildman–Crippen MR) is 52.7 cm³/mol. The zero-order valence-corrected chi connectivity index (χ0v) is 8.79. The first-order valence-corrected chi connectivity index (χ1v) is 5.91. The van der Waals surface area contributed by atoms with Crippen molar-refractivity contribution in [2.75, 3.05) is 0 Å². The van der Waals surface area contributed by atoms with Gasteiger partial charge in [-0.1, -0.05) is 6.42 Å². The summed E-state index contributed by atoms with van der Waals surface area (Å²) in [6, 6.07) is 0. The standard InChI is InChI=1S/C12H18O2/c1-8(13)14-12-6-5-9(7-12)10-3-2-4-11(10)12/h9-11H,2-7H2,1H3. The van der Waals surface area contributed by atoms with Gasteiger partial charge in [-0.3, -0.25) is 4.79 Å². The van der Waals surface area contributed by atoms with E-state index in [0.717, 1.165) is 18.3 Å². The summed E-state index contributed by atoms with van der Waals surface area (Å²) < 4.78 is 5.66. The summed E-state index contributed by atoms with van der Waals surface area (Å²) in [7, 11) is 0. The van der Waals surface area contributed by atoms with E-state index in [1.54, 1.807) is 6.92 Å². The number of esters is 1. The molecule has 0 amide bonds. The van der Waals surface area contributed by atoms with Gasteiger partial charge >= 0.3 is 5.97 Å². The maximum absolute atomic E-state index is 11.1. The molecule has 0 spiro atoms. The predicted octanol–water partition coefficient (Wildman–Crippen LogP) is 2.52. The van der Waals surface area contributed by atoms with E-state index in [9.17, 15) is 4.79 Å². The van der Waals surface area contributed by atoms with E-state index in [2.05, 4.69) is 0 Å². The highest BCUT2D eigenvalue weighted by Gasteiger charge is 2.60. The monoisotopic (exact) mass is 194 g/mol. The minimum Gasteiger partial charge on any atom is -0.459 e. The van der Waals surface area contributed by atoms with Crippen LogP contribution >= 0.6 is 0 Å². The molecule has 14 heavy (non-hydrogen) atoms. The van der Waals surface area contributed by atoms with E-state index < -0.39 is 0 Å². The average molecular weight is 194 g/mol. The van der Waals surface area contributed by atoms with Crippen molar-refractivity contribution in [2.45, 2.75) is 51.0 Å². The first-order valence-electron chi connectivity index (χ1n) is 5.91. The zero-order chi connectivity index (χ0) is 9.76. The molecule has 3 fully saturated rings. The molecule has 4 atom stereocenters. The number of hydrogen-bond acceptors (Lipinski definition) is 2. The van der Waals surface area contributed by atoms with Gasteiger partial charge < -0.3 is 4.74 Å². The third-order valence-electron chi connectivity index (χ3n) is 4.74. The number of carbonyl (C=O) groups is 1. The molecule has 3 aliphatic rings. The lowest BCUT2D eigenvalue weighted by molar-refractivity contribution is -0.161. The van der Waals surface area contributed by atoms with Crippen molar-refractivity contribution in [3.05, 3.63) is 0 Å². The van der Waals surface area contributed by atoms with Gasteiger partial charge in [0.2, 0.25) is 0 Å². The highest BCUT2D eigenvalue weighted by molar-refractivity contribution is 5.66. The highest BCUT2D eigenvalue weighted by Crippen LogP contribution is 2.62. The van der Waals surface area contributed by atoms with Gasteiger partial charge in [-0.25, -0.2) is 0 Å². The Morgan fingerprint density at radius 2 is 2.21 bits per heavy atom. The summed E-state index contributed by atoms with van der Waals surface area (Å²) in [5.41, 5.74) is -0.0162. The molecular formula is C12H18O2. The minimum atomic E-state index is -0.0711. The Morgan fingerprint density at radius 3 is 3.00 bits per heavy atom. The molecule has 0 heterocycles. The van der Waals surface area contributed by atoms with Crippen molar-refractivity contribution >= 4 is 5.97 Å². The normalized spacial score (nSPS) is 49.4. The summed E-state index contributed by atoms with van der Waals surface area (Å²) in [6.07, 6.45) is 7.65. The lowest BCUT2D eigenvalue weighted by Crippen LogP contribution is -2.38. The fourth-order valence-electron chi connectivity index (χ4n) is 4.44. The summed E-state index contributed by atoms with van der Waals surface area (Å²) in [5, 5.41) is 0. The molecule has 0 aromatic rings. The summed E-state index contributed by atoms with van der Waals surface area (Å²) in [5.74, 6) is 2.41. The van der Waals surface area contributed by atoms with Gasteiger partial charge in [0.25, 0.3) is 0 Å². The molecule has 3 saturated carbocycles. The van der Waals surface area contributed by atoms with Crippen molar-refractivity contribution in [1.82, 2.24) is 0 Å². The van der Waals surface area contributed by atoms with Crippen LogP contribution in [0, 0.1) is 17.8 Å². The Bertz CT molecular complexity index is 273. The summed E-state index contributed by atoms with van der Waals surface area (Å²) >= 11 is 0. The molecule has 2 bridgehead atoms. The second kappa shape index (κ2) is 2.74. The second-order valence-corrected chi connectivity index (χ2v) is 5.36. The molecular weight excluding hydrogens is 176 g/mol. The zero-order valence-electron chi connectivity index (χ0n) is 8.79. The lowest BCUT2D eigenvalue weighted by atomic mass is 9.79. The first-order chi connectivity index (χ1) is 6.71. The van der Waals surface area contributed by atoms with Crippen LogP contribution in [0.5, 0.6) is 0 Å². The Labute approximate surface area is 85.0 Å². The third-order valence-corrected chi connectivity index (χ3v) is 4.74. The molecule has 0 N–H and O–H groups in total. The Morgan fingerprint density at radius 1 is 1.36 bits per heavy atom. The van der Waals surface area contributed by atoms with Crippen LogP contribution in [0.1, 0.15) is 45.4 Å². The van der Waals surface area contributed by atoms with Crippen molar-refractivity contribution in [1.29, 1.82) is 0 Å². The SMILES string of the molecule is CC(=O)OC12CCC(C1)C1CCCC12. The molecule has 0 radical (unpaired) electrons. The molecule has 78 valence electrons. The van der Waals surface area contributed by atoms with Crippen LogP contribution in [0.3, 0.4) is 0 Å². The van der Waals surface area contributed by atoms with Crippen molar-refractivity contribution in [2.24, 2.45) is 17.8 Å². The summed E-state index contributed by atoms with van der Waals surface area (Å²) in [4.78, 5) is 11.1. The van der Waals surface area contributed by atoms with Crippen LogP contribution < -0.4 is 0 Å². The van der Waals surface area contributed by atoms with Crippen LogP contribution in [0.25, 0.3) is 0 Å². The third kappa shape index (κ3) is 0.999. The van der Waals surface area contributed by atoms with E-state index in [1.807, 2.05) is 0 Å². The molecule has 0 saturated heterocycles. The van der Waals surface area contributed by atoms with Crippen molar-refractivity contribution in [3.63, 3.8) is 0 Å². The van der Waals surface area contributed by atoms with Gasteiger partial charge in [0, 0.05) is 12.8 Å². The quantitative estimate of drug-likeness (QED) is 0.599. The van der Waals surface area contributed by atoms with Crippen molar-refractivity contribution < 1.29 is 9.53 Å². The van der Waals surface area contributed by atoms with E-state index in [4.69, 9.17) is 4.74 Å². The van der Waals surface area contributed by atoms with Crippen LogP contribution in [0.2, 0.25) is 0 Å². The number of fused-ring (bicyclic) bond motifs is 5. The van der Waals surface area contributed by atoms with Crippen molar-refractivity contribution in [3.8, 4) is 0 Å². The first kappa shape index (κ1) is 8.75. The average Bonchev–Trinajstić information content (AvgIpc) is 2.68. The number of rotatable bonds is 1. The highest BCUT2D eigenvalue weighted by atomic mass is 16.6. The van der Waals surface area contributed by atoms with Gasteiger partial charge in [-0.15, -0.1) is 0 Å². The van der Waals surface area contributed by atoms with E-state index in [0.29, 0.717) is 5.92 Å². The lowest BCUT2D eigenvalue weighted by Gasteiger charge is -2.35. The van der Waals surface area contributed by atoms with Crippen LogP contribution in [-0.4, -0.2) is 11.6 Å². The molecule has 0 aromatic carbocycles. The van der Waals surface area contributed by atoms with Gasteiger partial charge in [-0.2, -0.15) is 0 Å². The molecule has 2 heteroatoms. The van der Waals surface area contributed by atoms with Gasteiger partial charge in [0.05, 0.1) is 0 Å². The molecule has 0 aliphatic heterocycles. The van der Waals surface area contributed by atoms with Crippen LogP contribution in [-0.2, 0) is 9.53 Å². The Hall–Kier alpha value is -0.530. The smallest absolute Gasteiger partial charge is 0.303 e.